The zero-order valence-corrected chi connectivity index (χ0v) is 12.9. The first kappa shape index (κ1) is 14.0. The zero-order valence-electron chi connectivity index (χ0n) is 11.3. The minimum atomic E-state index is -0.132. The van der Waals surface area contributed by atoms with Gasteiger partial charge in [-0.3, -0.25) is 4.79 Å². The molecule has 0 radical (unpaired) electrons. The van der Waals surface area contributed by atoms with Crippen molar-refractivity contribution in [1.82, 2.24) is 19.9 Å². The van der Waals surface area contributed by atoms with Crippen LogP contribution in [0.5, 0.6) is 0 Å². The third kappa shape index (κ3) is 3.22. The molecule has 3 aromatic rings. The lowest BCUT2D eigenvalue weighted by molar-refractivity contribution is 0.0954. The van der Waals surface area contributed by atoms with Crippen LogP contribution in [-0.2, 0) is 6.42 Å². The maximum Gasteiger partial charge on any atom is 0.251 e. The van der Waals surface area contributed by atoms with Crippen LogP contribution in [0.4, 0.5) is 0 Å². The Bertz CT molecular complexity index is 764. The molecule has 0 bridgehead atoms. The average Bonchev–Trinajstić information content (AvgIpc) is 2.95. The standard InChI is InChI=1S/C14H13ClN4OS/c1-9-18-19-8-12(17-14(19)21-9)5-6-16-13(20)10-3-2-4-11(15)7-10/h2-4,7-8H,5-6H2,1H3,(H,16,20). The molecule has 7 heteroatoms. The molecule has 21 heavy (non-hydrogen) atoms. The molecule has 0 saturated heterocycles. The molecule has 1 amide bonds. The SMILES string of the molecule is Cc1nn2cc(CCNC(=O)c3cccc(Cl)c3)nc2s1. The highest BCUT2D eigenvalue weighted by atomic mass is 35.5. The quantitative estimate of drug-likeness (QED) is 0.804. The maximum absolute atomic E-state index is 11.9. The number of fused-ring (bicyclic) bond motifs is 1. The van der Waals surface area contributed by atoms with Crippen molar-refractivity contribution in [3.05, 3.63) is 51.7 Å². The highest BCUT2D eigenvalue weighted by Gasteiger charge is 2.08. The Hall–Kier alpha value is -1.92. The molecule has 0 atom stereocenters. The Labute approximate surface area is 130 Å². The van der Waals surface area contributed by atoms with Crippen LogP contribution in [0.3, 0.4) is 0 Å². The van der Waals surface area contributed by atoms with E-state index in [0.29, 0.717) is 23.6 Å². The molecule has 0 unspecified atom stereocenters. The Morgan fingerprint density at radius 1 is 1.48 bits per heavy atom. The van der Waals surface area contributed by atoms with Crippen molar-refractivity contribution >= 4 is 33.8 Å². The number of halogens is 1. The number of nitrogens with zero attached hydrogens (tertiary/aromatic N) is 3. The predicted molar refractivity (Wildman–Crippen MR) is 83.1 cm³/mol. The lowest BCUT2D eigenvalue weighted by atomic mass is 10.2. The van der Waals surface area contributed by atoms with Crippen molar-refractivity contribution in [1.29, 1.82) is 0 Å². The first-order chi connectivity index (χ1) is 10.1. The fourth-order valence-corrected chi connectivity index (χ4v) is 2.93. The number of hydrogen-bond donors (Lipinski definition) is 1. The largest absolute Gasteiger partial charge is 0.352 e. The summed E-state index contributed by atoms with van der Waals surface area (Å²) < 4.78 is 1.77. The summed E-state index contributed by atoms with van der Waals surface area (Å²) in [5.41, 5.74) is 1.48. The van der Waals surface area contributed by atoms with Crippen LogP contribution in [-0.4, -0.2) is 27.0 Å². The molecule has 0 saturated carbocycles. The molecule has 1 N–H and O–H groups in total. The molecule has 3 rings (SSSR count). The zero-order chi connectivity index (χ0) is 14.8. The van der Waals surface area contributed by atoms with Gasteiger partial charge in [0.25, 0.3) is 5.91 Å². The van der Waals surface area contributed by atoms with Crippen molar-refractivity contribution in [3.63, 3.8) is 0 Å². The van der Waals surface area contributed by atoms with Crippen molar-refractivity contribution in [2.45, 2.75) is 13.3 Å². The molecule has 5 nitrogen and oxygen atoms in total. The van der Waals surface area contributed by atoms with Gasteiger partial charge in [-0.1, -0.05) is 29.0 Å². The number of nitrogens with one attached hydrogen (secondary N) is 1. The second-order valence-corrected chi connectivity index (χ2v) is 6.19. The van der Waals surface area contributed by atoms with Gasteiger partial charge in [0.2, 0.25) is 4.96 Å². The van der Waals surface area contributed by atoms with Gasteiger partial charge in [0, 0.05) is 23.6 Å². The molecule has 108 valence electrons. The molecule has 2 heterocycles. The molecular formula is C14H13ClN4OS. The first-order valence-electron chi connectivity index (χ1n) is 6.47. The van der Waals surface area contributed by atoms with E-state index in [0.717, 1.165) is 15.7 Å². The first-order valence-corrected chi connectivity index (χ1v) is 7.67. The second-order valence-electron chi connectivity index (χ2n) is 4.60. The molecular weight excluding hydrogens is 308 g/mol. The van der Waals surface area contributed by atoms with Crippen LogP contribution in [0.2, 0.25) is 5.02 Å². The summed E-state index contributed by atoms with van der Waals surface area (Å²) in [7, 11) is 0. The molecule has 0 aliphatic heterocycles. The van der Waals surface area contributed by atoms with Crippen molar-refractivity contribution in [3.8, 4) is 0 Å². The smallest absolute Gasteiger partial charge is 0.251 e. The summed E-state index contributed by atoms with van der Waals surface area (Å²) in [5.74, 6) is -0.132. The lowest BCUT2D eigenvalue weighted by Gasteiger charge is -2.04. The second kappa shape index (κ2) is 5.83. The van der Waals surface area contributed by atoms with Gasteiger partial charge in [-0.05, 0) is 25.1 Å². The number of rotatable bonds is 4. The van der Waals surface area contributed by atoms with Crippen LogP contribution in [0, 0.1) is 6.92 Å². The van der Waals surface area contributed by atoms with Gasteiger partial charge in [-0.25, -0.2) is 9.50 Å². The monoisotopic (exact) mass is 320 g/mol. The highest BCUT2D eigenvalue weighted by molar-refractivity contribution is 7.16. The fraction of sp³-hybridized carbons (Fsp3) is 0.214. The minimum Gasteiger partial charge on any atom is -0.352 e. The van der Waals surface area contributed by atoms with E-state index in [2.05, 4.69) is 15.4 Å². The molecule has 0 spiro atoms. The summed E-state index contributed by atoms with van der Waals surface area (Å²) in [4.78, 5) is 17.3. The summed E-state index contributed by atoms with van der Waals surface area (Å²) in [6, 6.07) is 6.89. The van der Waals surface area contributed by atoms with E-state index >= 15 is 0 Å². The third-order valence-corrected chi connectivity index (χ3v) is 4.02. The molecule has 0 aliphatic rings. The van der Waals surface area contributed by atoms with Gasteiger partial charge in [0.05, 0.1) is 11.9 Å². The number of carbonyl (C=O) groups is 1. The summed E-state index contributed by atoms with van der Waals surface area (Å²) in [6.07, 6.45) is 2.56. The van der Waals surface area contributed by atoms with Crippen molar-refractivity contribution in [2.75, 3.05) is 6.54 Å². The van der Waals surface area contributed by atoms with E-state index in [1.807, 2.05) is 13.1 Å². The predicted octanol–water partition coefficient (Wildman–Crippen LogP) is 2.73. The number of aryl methyl sites for hydroxylation is 1. The van der Waals surface area contributed by atoms with Crippen LogP contribution >= 0.6 is 22.9 Å². The maximum atomic E-state index is 11.9. The summed E-state index contributed by atoms with van der Waals surface area (Å²) >= 11 is 7.42. The minimum absolute atomic E-state index is 0.132. The topological polar surface area (TPSA) is 59.3 Å². The number of hydrogen-bond acceptors (Lipinski definition) is 4. The Balaban J connectivity index is 1.58. The van der Waals surface area contributed by atoms with Gasteiger partial charge in [-0.2, -0.15) is 5.10 Å². The van der Waals surface area contributed by atoms with E-state index in [1.165, 1.54) is 0 Å². The van der Waals surface area contributed by atoms with E-state index in [-0.39, 0.29) is 5.91 Å². The van der Waals surface area contributed by atoms with Gasteiger partial charge in [0.1, 0.15) is 5.01 Å². The average molecular weight is 321 g/mol. The van der Waals surface area contributed by atoms with E-state index in [9.17, 15) is 4.79 Å². The van der Waals surface area contributed by atoms with E-state index in [1.54, 1.807) is 40.1 Å². The molecule has 1 aromatic carbocycles. The number of aromatic nitrogens is 3. The van der Waals surface area contributed by atoms with Gasteiger partial charge in [0.15, 0.2) is 0 Å². The number of imidazole rings is 1. The number of carbonyl (C=O) groups excluding carboxylic acids is 1. The number of benzene rings is 1. The normalized spacial score (nSPS) is 11.0. The highest BCUT2D eigenvalue weighted by Crippen LogP contribution is 2.13. The lowest BCUT2D eigenvalue weighted by Crippen LogP contribution is -2.25. The molecule has 0 aliphatic carbocycles. The number of amides is 1. The van der Waals surface area contributed by atoms with E-state index < -0.39 is 0 Å². The van der Waals surface area contributed by atoms with Crippen molar-refractivity contribution < 1.29 is 4.79 Å². The van der Waals surface area contributed by atoms with Crippen LogP contribution in [0.25, 0.3) is 4.96 Å². The summed E-state index contributed by atoms with van der Waals surface area (Å²) in [6.45, 7) is 2.47. The Morgan fingerprint density at radius 2 is 2.33 bits per heavy atom. The Morgan fingerprint density at radius 3 is 3.10 bits per heavy atom. The van der Waals surface area contributed by atoms with Crippen LogP contribution < -0.4 is 5.32 Å². The van der Waals surface area contributed by atoms with Gasteiger partial charge in [-0.15, -0.1) is 0 Å². The fourth-order valence-electron chi connectivity index (χ4n) is 2.00. The summed E-state index contributed by atoms with van der Waals surface area (Å²) in [5, 5.41) is 8.70. The van der Waals surface area contributed by atoms with Gasteiger partial charge >= 0.3 is 0 Å². The van der Waals surface area contributed by atoms with E-state index in [4.69, 9.17) is 11.6 Å². The van der Waals surface area contributed by atoms with Crippen molar-refractivity contribution in [2.24, 2.45) is 0 Å². The van der Waals surface area contributed by atoms with Gasteiger partial charge < -0.3 is 5.32 Å². The molecule has 2 aromatic heterocycles. The molecule has 0 fully saturated rings. The van der Waals surface area contributed by atoms with Crippen LogP contribution in [0.1, 0.15) is 21.1 Å². The Kier molecular flexibility index (Phi) is 3.90. The van der Waals surface area contributed by atoms with Crippen LogP contribution in [0.15, 0.2) is 30.5 Å². The third-order valence-electron chi connectivity index (χ3n) is 2.95.